The van der Waals surface area contributed by atoms with E-state index < -0.39 is 6.04 Å². The van der Waals surface area contributed by atoms with Gasteiger partial charge < -0.3 is 15.0 Å². The summed E-state index contributed by atoms with van der Waals surface area (Å²) in [6.07, 6.45) is 4.64. The van der Waals surface area contributed by atoms with Crippen LogP contribution in [0.25, 0.3) is 0 Å². The zero-order valence-electron chi connectivity index (χ0n) is 20.4. The summed E-state index contributed by atoms with van der Waals surface area (Å²) in [6, 6.07) is 8.75. The molecule has 1 aliphatic rings. The highest BCUT2D eigenvalue weighted by Crippen LogP contribution is 2.28. The first-order chi connectivity index (χ1) is 16.2. The number of hydrogen-bond donors (Lipinski definition) is 1. The lowest BCUT2D eigenvalue weighted by Crippen LogP contribution is -2.52. The third kappa shape index (κ3) is 6.45. The van der Waals surface area contributed by atoms with Gasteiger partial charge in [-0.2, -0.15) is 0 Å². The summed E-state index contributed by atoms with van der Waals surface area (Å²) >= 11 is 12.8. The highest BCUT2D eigenvalue weighted by atomic mass is 35.5. The topological polar surface area (TPSA) is 58.6 Å². The molecule has 34 heavy (non-hydrogen) atoms. The van der Waals surface area contributed by atoms with Crippen molar-refractivity contribution < 1.29 is 14.3 Å². The van der Waals surface area contributed by atoms with Gasteiger partial charge in [0.05, 0.1) is 0 Å². The molecule has 5 nitrogen and oxygen atoms in total. The Morgan fingerprint density at radius 2 is 1.76 bits per heavy atom. The Morgan fingerprint density at radius 1 is 1.12 bits per heavy atom. The van der Waals surface area contributed by atoms with Crippen molar-refractivity contribution in [1.82, 2.24) is 10.2 Å². The van der Waals surface area contributed by atoms with Crippen LogP contribution in [0.15, 0.2) is 30.3 Å². The first kappa shape index (κ1) is 26.4. The van der Waals surface area contributed by atoms with Gasteiger partial charge in [0.1, 0.15) is 11.8 Å². The number of halogens is 2. The van der Waals surface area contributed by atoms with Crippen molar-refractivity contribution in [2.75, 3.05) is 6.61 Å². The molecule has 1 saturated carbocycles. The van der Waals surface area contributed by atoms with Gasteiger partial charge >= 0.3 is 0 Å². The van der Waals surface area contributed by atoms with Crippen LogP contribution < -0.4 is 10.1 Å². The molecule has 0 aromatic heterocycles. The Kier molecular flexibility index (Phi) is 9.26. The fourth-order valence-corrected chi connectivity index (χ4v) is 5.03. The smallest absolute Gasteiger partial charge is 0.261 e. The minimum atomic E-state index is -0.649. The maximum atomic E-state index is 13.5. The quantitative estimate of drug-likeness (QED) is 0.444. The van der Waals surface area contributed by atoms with E-state index in [-0.39, 0.29) is 31.0 Å². The average molecular weight is 505 g/mol. The zero-order chi connectivity index (χ0) is 24.8. The van der Waals surface area contributed by atoms with Crippen LogP contribution in [0.3, 0.4) is 0 Å². The van der Waals surface area contributed by atoms with Crippen molar-refractivity contribution in [1.29, 1.82) is 0 Å². The van der Waals surface area contributed by atoms with E-state index in [1.807, 2.05) is 33.8 Å². The lowest BCUT2D eigenvalue weighted by Gasteiger charge is -2.32. The van der Waals surface area contributed by atoms with Crippen molar-refractivity contribution in [2.24, 2.45) is 0 Å². The number of benzene rings is 2. The molecule has 1 fully saturated rings. The Bertz CT molecular complexity index is 1010. The second-order valence-electron chi connectivity index (χ2n) is 9.13. The van der Waals surface area contributed by atoms with Crippen LogP contribution in [-0.2, 0) is 16.1 Å². The molecule has 3 rings (SSSR count). The first-order valence-electron chi connectivity index (χ1n) is 11.9. The van der Waals surface area contributed by atoms with Gasteiger partial charge in [0, 0.05) is 28.2 Å². The van der Waals surface area contributed by atoms with E-state index in [4.69, 9.17) is 27.9 Å². The van der Waals surface area contributed by atoms with E-state index in [1.54, 1.807) is 23.1 Å². The minimum absolute atomic E-state index is 0.128. The van der Waals surface area contributed by atoms with Crippen LogP contribution in [0.5, 0.6) is 5.75 Å². The van der Waals surface area contributed by atoms with Crippen LogP contribution in [0.2, 0.25) is 10.0 Å². The van der Waals surface area contributed by atoms with Gasteiger partial charge in [0.2, 0.25) is 5.91 Å². The average Bonchev–Trinajstić information content (AvgIpc) is 3.29. The molecular formula is C27H34Cl2N2O3. The molecular weight excluding hydrogens is 471 g/mol. The second-order valence-corrected chi connectivity index (χ2v) is 9.94. The van der Waals surface area contributed by atoms with Crippen LogP contribution in [0.4, 0.5) is 0 Å². The predicted octanol–water partition coefficient (Wildman–Crippen LogP) is 6.16. The van der Waals surface area contributed by atoms with Gasteiger partial charge in [-0.3, -0.25) is 9.59 Å². The molecule has 0 unspecified atom stereocenters. The largest absolute Gasteiger partial charge is 0.483 e. The second kappa shape index (κ2) is 11.9. The predicted molar refractivity (Wildman–Crippen MR) is 138 cm³/mol. The van der Waals surface area contributed by atoms with E-state index in [0.29, 0.717) is 27.8 Å². The molecule has 0 spiro atoms. The number of hydrogen-bond acceptors (Lipinski definition) is 3. The molecule has 1 N–H and O–H groups in total. The number of amides is 2. The highest BCUT2D eigenvalue weighted by molar-refractivity contribution is 6.36. The molecule has 1 atom stereocenters. The SMILES string of the molecule is CC[C@H](C(=O)NC1CCCC1)N(Cc1c(Cl)cccc1Cl)C(=O)COc1cc(C)cc(C)c1C. The number of carbonyl (C=O) groups is 2. The summed E-state index contributed by atoms with van der Waals surface area (Å²) in [7, 11) is 0. The molecule has 0 saturated heterocycles. The first-order valence-corrected chi connectivity index (χ1v) is 12.7. The fourth-order valence-electron chi connectivity index (χ4n) is 4.51. The zero-order valence-corrected chi connectivity index (χ0v) is 21.9. The van der Waals surface area contributed by atoms with Gasteiger partial charge in [-0.15, -0.1) is 0 Å². The molecule has 2 amide bonds. The maximum Gasteiger partial charge on any atom is 0.261 e. The molecule has 2 aromatic rings. The lowest BCUT2D eigenvalue weighted by atomic mass is 10.1. The van der Waals surface area contributed by atoms with E-state index in [9.17, 15) is 9.59 Å². The Balaban J connectivity index is 1.85. The monoisotopic (exact) mass is 504 g/mol. The van der Waals surface area contributed by atoms with Crippen molar-refractivity contribution in [3.8, 4) is 5.75 Å². The number of aryl methyl sites for hydroxylation is 2. The molecule has 184 valence electrons. The third-order valence-corrected chi connectivity index (χ3v) is 7.30. The van der Waals surface area contributed by atoms with Crippen molar-refractivity contribution in [3.05, 3.63) is 62.6 Å². The lowest BCUT2D eigenvalue weighted by molar-refractivity contribution is -0.143. The van der Waals surface area contributed by atoms with Gasteiger partial charge in [-0.05, 0) is 74.9 Å². The molecule has 0 bridgehead atoms. The van der Waals surface area contributed by atoms with Gasteiger partial charge in [-0.25, -0.2) is 0 Å². The van der Waals surface area contributed by atoms with Crippen molar-refractivity contribution >= 4 is 35.0 Å². The molecule has 2 aromatic carbocycles. The normalized spacial score (nSPS) is 14.6. The molecule has 7 heteroatoms. The van der Waals surface area contributed by atoms with E-state index in [2.05, 4.69) is 11.4 Å². The Morgan fingerprint density at radius 3 is 2.38 bits per heavy atom. The molecule has 0 aliphatic heterocycles. The summed E-state index contributed by atoms with van der Waals surface area (Å²) in [6.45, 7) is 7.83. The van der Waals surface area contributed by atoms with E-state index in [0.717, 1.165) is 42.4 Å². The number of nitrogens with zero attached hydrogens (tertiary/aromatic N) is 1. The van der Waals surface area contributed by atoms with Crippen LogP contribution in [0.1, 0.15) is 61.3 Å². The van der Waals surface area contributed by atoms with E-state index in [1.165, 1.54) is 0 Å². The molecule has 1 aliphatic carbocycles. The Labute approximate surface area is 212 Å². The number of carbonyl (C=O) groups excluding carboxylic acids is 2. The van der Waals surface area contributed by atoms with Crippen molar-refractivity contribution in [3.63, 3.8) is 0 Å². The molecule has 0 radical (unpaired) electrons. The summed E-state index contributed by atoms with van der Waals surface area (Å²) in [4.78, 5) is 28.3. The van der Waals surface area contributed by atoms with Crippen LogP contribution in [-0.4, -0.2) is 35.4 Å². The fraction of sp³-hybridized carbons (Fsp3) is 0.481. The third-order valence-electron chi connectivity index (χ3n) is 6.59. The standard InChI is InChI=1S/C27H34Cl2N2O3/c1-5-24(27(33)30-20-9-6-7-10-20)31(15-21-22(28)11-8-12-23(21)29)26(32)16-34-25-14-17(2)13-18(3)19(25)4/h8,11-14,20,24H,5-7,9-10,15-16H2,1-4H3,(H,30,33)/t24-/m1/s1. The Hall–Kier alpha value is -2.24. The van der Waals surface area contributed by atoms with Crippen LogP contribution >= 0.6 is 23.2 Å². The van der Waals surface area contributed by atoms with E-state index >= 15 is 0 Å². The number of nitrogens with one attached hydrogen (secondary N) is 1. The van der Waals surface area contributed by atoms with Crippen molar-refractivity contribution in [2.45, 2.75) is 78.4 Å². The summed E-state index contributed by atoms with van der Waals surface area (Å²) in [5.41, 5.74) is 3.77. The molecule has 0 heterocycles. The summed E-state index contributed by atoms with van der Waals surface area (Å²) < 4.78 is 5.96. The maximum absolute atomic E-state index is 13.5. The van der Waals surface area contributed by atoms with Gasteiger partial charge in [0.15, 0.2) is 6.61 Å². The minimum Gasteiger partial charge on any atom is -0.483 e. The van der Waals surface area contributed by atoms with Crippen LogP contribution in [0, 0.1) is 20.8 Å². The summed E-state index contributed by atoms with van der Waals surface area (Å²) in [5.74, 6) is 0.238. The highest BCUT2D eigenvalue weighted by Gasteiger charge is 2.31. The summed E-state index contributed by atoms with van der Waals surface area (Å²) in [5, 5.41) is 4.06. The van der Waals surface area contributed by atoms with Gasteiger partial charge in [-0.1, -0.05) is 55.1 Å². The van der Waals surface area contributed by atoms with Gasteiger partial charge in [0.25, 0.3) is 5.91 Å². The number of ether oxygens (including phenoxy) is 1. The number of rotatable bonds is 9.